The van der Waals surface area contributed by atoms with Crippen LogP contribution in [0.25, 0.3) is 11.1 Å². The number of carbonyl (C=O) groups is 2. The molecular weight excluding hydrogens is 703 g/mol. The van der Waals surface area contributed by atoms with Gasteiger partial charge in [0.2, 0.25) is 5.91 Å². The second kappa shape index (κ2) is 16.1. The van der Waals surface area contributed by atoms with Crippen molar-refractivity contribution in [2.45, 2.75) is 52.0 Å². The molecule has 10 heteroatoms. The zero-order valence-electron chi connectivity index (χ0n) is 30.5. The number of likely N-dealkylation sites (tertiary alicyclic amines) is 1. The average molecular weight is 745 g/mol. The van der Waals surface area contributed by atoms with Crippen molar-refractivity contribution in [3.05, 3.63) is 148 Å². The SMILES string of the molecule is Cc1cc(F)cc(N2C=Nc3cc(C)c(-c4cc(OCc5ccccc5)ccc4Cl)cc3C2C(=O)N(C)C[C@@H]2CCCN2C(=O)OCc2ccccc2)c1. The Labute approximate surface area is 320 Å². The molecule has 0 aliphatic carbocycles. The third kappa shape index (κ3) is 8.11. The fraction of sp³-hybridized carbons (Fsp3) is 0.250. The van der Waals surface area contributed by atoms with Gasteiger partial charge in [-0.25, -0.2) is 14.2 Å². The molecule has 2 aliphatic heterocycles. The number of ether oxygens (including phenoxy) is 2. The smallest absolute Gasteiger partial charge is 0.410 e. The maximum atomic E-state index is 14.9. The fourth-order valence-corrected chi connectivity index (χ4v) is 7.45. The van der Waals surface area contributed by atoms with Crippen LogP contribution >= 0.6 is 11.6 Å². The first-order chi connectivity index (χ1) is 26.1. The lowest BCUT2D eigenvalue weighted by Crippen LogP contribution is -2.48. The topological polar surface area (TPSA) is 74.7 Å². The van der Waals surface area contributed by atoms with Gasteiger partial charge < -0.3 is 24.2 Å². The minimum atomic E-state index is -0.890. The van der Waals surface area contributed by atoms with Gasteiger partial charge in [-0.15, -0.1) is 0 Å². The van der Waals surface area contributed by atoms with Crippen molar-refractivity contribution in [3.63, 3.8) is 0 Å². The van der Waals surface area contributed by atoms with Crippen LogP contribution in [0.5, 0.6) is 5.75 Å². The van der Waals surface area contributed by atoms with Gasteiger partial charge in [-0.05, 0) is 103 Å². The highest BCUT2D eigenvalue weighted by Gasteiger charge is 2.38. The van der Waals surface area contributed by atoms with E-state index < -0.39 is 18.0 Å². The zero-order valence-corrected chi connectivity index (χ0v) is 31.3. The molecule has 0 N–H and O–H groups in total. The van der Waals surface area contributed by atoms with Gasteiger partial charge in [0.05, 0.1) is 18.1 Å². The molecule has 276 valence electrons. The number of anilines is 1. The Kier molecular flexibility index (Phi) is 11.0. The van der Waals surface area contributed by atoms with Crippen LogP contribution in [0, 0.1) is 19.7 Å². The van der Waals surface area contributed by atoms with Crippen LogP contribution in [0.15, 0.2) is 114 Å². The average Bonchev–Trinajstić information content (AvgIpc) is 3.64. The molecule has 0 aromatic heterocycles. The Morgan fingerprint density at radius 1 is 0.889 bits per heavy atom. The van der Waals surface area contributed by atoms with E-state index in [2.05, 4.69) is 0 Å². The van der Waals surface area contributed by atoms with Crippen molar-refractivity contribution in [3.8, 4) is 16.9 Å². The maximum absolute atomic E-state index is 14.9. The van der Waals surface area contributed by atoms with E-state index in [1.54, 1.807) is 28.1 Å². The minimum Gasteiger partial charge on any atom is -0.489 e. The summed E-state index contributed by atoms with van der Waals surface area (Å²) in [6, 6.07) is 32.5. The summed E-state index contributed by atoms with van der Waals surface area (Å²) in [6.45, 7) is 5.21. The van der Waals surface area contributed by atoms with Crippen LogP contribution in [0.2, 0.25) is 5.02 Å². The lowest BCUT2D eigenvalue weighted by molar-refractivity contribution is -0.131. The molecule has 0 saturated carbocycles. The van der Waals surface area contributed by atoms with E-state index in [-0.39, 0.29) is 18.6 Å². The third-order valence-electron chi connectivity index (χ3n) is 9.98. The first kappa shape index (κ1) is 36.7. The Balaban J connectivity index is 1.19. The number of benzene rings is 5. The normalized spacial score (nSPS) is 16.2. The highest BCUT2D eigenvalue weighted by Crippen LogP contribution is 2.43. The summed E-state index contributed by atoms with van der Waals surface area (Å²) in [6.07, 6.45) is 2.73. The molecular formula is C44H42ClFN4O4. The molecule has 5 aromatic rings. The maximum Gasteiger partial charge on any atom is 0.410 e. The van der Waals surface area contributed by atoms with Gasteiger partial charge in [0.25, 0.3) is 0 Å². The number of aryl methyl sites for hydroxylation is 2. The lowest BCUT2D eigenvalue weighted by Gasteiger charge is -2.37. The largest absolute Gasteiger partial charge is 0.489 e. The molecule has 7 rings (SSSR count). The van der Waals surface area contributed by atoms with Crippen molar-refractivity contribution in [2.24, 2.45) is 4.99 Å². The van der Waals surface area contributed by atoms with Crippen molar-refractivity contribution in [2.75, 3.05) is 25.0 Å². The molecule has 0 radical (unpaired) electrons. The molecule has 0 spiro atoms. The summed E-state index contributed by atoms with van der Waals surface area (Å²) in [7, 11) is 1.74. The van der Waals surface area contributed by atoms with Gasteiger partial charge in [-0.2, -0.15) is 0 Å². The van der Waals surface area contributed by atoms with Crippen LogP contribution in [-0.4, -0.2) is 54.3 Å². The third-order valence-corrected chi connectivity index (χ3v) is 10.3. The molecule has 1 fully saturated rings. The standard InChI is InChI=1S/C44H42ClFN4O4/c1-29-19-33(46)22-35(20-29)50-28-47-41-21-30(2)37(38-23-36(16-17-40(38)45)53-26-31-11-6-4-7-12-31)24-39(41)42(50)43(51)48(3)25-34-15-10-18-49(34)44(52)54-27-32-13-8-5-9-14-32/h4-9,11-14,16-17,19-24,28,34,42H,10,15,18,25-27H2,1-3H3/t34-,42?/m0/s1. The number of fused-ring (bicyclic) bond motifs is 1. The highest BCUT2D eigenvalue weighted by molar-refractivity contribution is 6.33. The van der Waals surface area contributed by atoms with Gasteiger partial charge in [-0.3, -0.25) is 4.79 Å². The molecule has 2 amide bonds. The van der Waals surface area contributed by atoms with E-state index in [0.29, 0.717) is 53.0 Å². The second-order valence-corrected chi connectivity index (χ2v) is 14.3. The summed E-state index contributed by atoms with van der Waals surface area (Å²) in [5, 5.41) is 0.530. The molecule has 5 aromatic carbocycles. The van der Waals surface area contributed by atoms with E-state index in [9.17, 15) is 14.0 Å². The van der Waals surface area contributed by atoms with Gasteiger partial charge in [0, 0.05) is 42.0 Å². The number of hydrogen-bond donors (Lipinski definition) is 0. The Morgan fingerprint density at radius 3 is 2.33 bits per heavy atom. The zero-order chi connectivity index (χ0) is 37.8. The predicted octanol–water partition coefficient (Wildman–Crippen LogP) is 9.82. The summed E-state index contributed by atoms with van der Waals surface area (Å²) >= 11 is 6.85. The van der Waals surface area contributed by atoms with Gasteiger partial charge >= 0.3 is 6.09 Å². The number of nitrogens with zero attached hydrogens (tertiary/aromatic N) is 4. The number of halogens is 2. The van der Waals surface area contributed by atoms with E-state index >= 15 is 0 Å². The molecule has 1 saturated heterocycles. The van der Waals surface area contributed by atoms with Crippen LogP contribution in [-0.2, 0) is 22.7 Å². The minimum absolute atomic E-state index is 0.172. The summed E-state index contributed by atoms with van der Waals surface area (Å²) in [5.74, 6) is 0.0127. The number of aliphatic imine (C=N–C) groups is 1. The summed E-state index contributed by atoms with van der Waals surface area (Å²) in [5.41, 5.74) is 6.92. The molecule has 0 bridgehead atoms. The van der Waals surface area contributed by atoms with Crippen LogP contribution in [0.3, 0.4) is 0 Å². The Hall–Kier alpha value is -5.67. The van der Waals surface area contributed by atoms with Crippen molar-refractivity contribution in [1.29, 1.82) is 0 Å². The Morgan fingerprint density at radius 2 is 1.61 bits per heavy atom. The number of likely N-dealkylation sites (N-methyl/N-ethyl adjacent to an activating group) is 1. The molecule has 8 nitrogen and oxygen atoms in total. The highest BCUT2D eigenvalue weighted by atomic mass is 35.5. The lowest BCUT2D eigenvalue weighted by atomic mass is 9.91. The van der Waals surface area contributed by atoms with E-state index in [1.165, 1.54) is 12.1 Å². The van der Waals surface area contributed by atoms with Crippen molar-refractivity contribution >= 4 is 41.3 Å². The van der Waals surface area contributed by atoms with E-state index in [1.807, 2.05) is 111 Å². The number of amides is 2. The Bertz CT molecular complexity index is 2160. The number of carbonyl (C=O) groups excluding carboxylic acids is 2. The quantitative estimate of drug-likeness (QED) is 0.142. The van der Waals surface area contributed by atoms with Crippen molar-refractivity contribution < 1.29 is 23.5 Å². The monoisotopic (exact) mass is 744 g/mol. The van der Waals surface area contributed by atoms with Gasteiger partial charge in [-0.1, -0.05) is 72.3 Å². The van der Waals surface area contributed by atoms with E-state index in [4.69, 9.17) is 26.1 Å². The second-order valence-electron chi connectivity index (χ2n) is 13.9. The first-order valence-electron chi connectivity index (χ1n) is 18.1. The number of hydrogen-bond acceptors (Lipinski definition) is 6. The molecule has 54 heavy (non-hydrogen) atoms. The van der Waals surface area contributed by atoms with Gasteiger partial charge in [0.1, 0.15) is 30.8 Å². The molecule has 2 atom stereocenters. The van der Waals surface area contributed by atoms with E-state index in [0.717, 1.165) is 40.7 Å². The van der Waals surface area contributed by atoms with Crippen LogP contribution in [0.4, 0.5) is 20.6 Å². The molecule has 2 aliphatic rings. The van der Waals surface area contributed by atoms with Gasteiger partial charge in [0.15, 0.2) is 0 Å². The van der Waals surface area contributed by atoms with Crippen molar-refractivity contribution in [1.82, 2.24) is 9.80 Å². The summed E-state index contributed by atoms with van der Waals surface area (Å²) < 4.78 is 26.7. The predicted molar refractivity (Wildman–Crippen MR) is 211 cm³/mol. The molecule has 2 heterocycles. The van der Waals surface area contributed by atoms with Crippen LogP contribution < -0.4 is 9.64 Å². The first-order valence-corrected chi connectivity index (χ1v) is 18.5. The molecule has 1 unspecified atom stereocenters. The number of rotatable bonds is 10. The summed E-state index contributed by atoms with van der Waals surface area (Å²) in [4.78, 5) is 37.9. The van der Waals surface area contributed by atoms with Crippen LogP contribution in [0.1, 0.15) is 46.7 Å². The fourth-order valence-electron chi connectivity index (χ4n) is 7.23.